The van der Waals surface area contributed by atoms with Gasteiger partial charge in [-0.1, -0.05) is 94.4 Å². The van der Waals surface area contributed by atoms with E-state index in [0.29, 0.717) is 12.0 Å². The molecule has 0 amide bonds. The molecule has 0 unspecified atom stereocenters. The largest absolute Gasteiger partial charge is 0.404 e. The summed E-state index contributed by atoms with van der Waals surface area (Å²) in [6.45, 7) is 14.2. The molecule has 150 valence electrons. The maximum absolute atomic E-state index is 7.32. The monoisotopic (exact) mass is 394 g/mol. The molecular formula is C25H34O2Si. The lowest BCUT2D eigenvalue weighted by Gasteiger charge is -2.46. The molecule has 2 nitrogen and oxygen atoms in total. The van der Waals surface area contributed by atoms with Gasteiger partial charge < -0.3 is 9.16 Å². The lowest BCUT2D eigenvalue weighted by Crippen LogP contribution is -2.68. The quantitative estimate of drug-likeness (QED) is 0.342. The maximum atomic E-state index is 7.32. The van der Waals surface area contributed by atoms with Gasteiger partial charge in [-0.05, 0) is 34.2 Å². The van der Waals surface area contributed by atoms with Gasteiger partial charge in [0, 0.05) is 0 Å². The molecule has 0 aliphatic carbocycles. The van der Waals surface area contributed by atoms with Crippen LogP contribution in [0.1, 0.15) is 40.5 Å². The van der Waals surface area contributed by atoms with Crippen LogP contribution in [0, 0.1) is 5.92 Å². The fourth-order valence-corrected chi connectivity index (χ4v) is 8.89. The fraction of sp³-hybridized carbons (Fsp3) is 0.440. The Labute approximate surface area is 171 Å². The number of ether oxygens (including phenoxy) is 1. The summed E-state index contributed by atoms with van der Waals surface area (Å²) in [6.07, 6.45) is 4.65. The molecular weight excluding hydrogens is 360 g/mol. The SMILES string of the molecule is C=C[C@H](C)[C@H](CC[C@H]1CO1)O[Si](c1ccccc1)(c1ccccc1)C(C)(C)C. The molecule has 0 aromatic heterocycles. The van der Waals surface area contributed by atoms with Crippen molar-refractivity contribution in [2.45, 2.75) is 57.8 Å². The normalized spacial score (nSPS) is 19.1. The fourth-order valence-electron chi connectivity index (χ4n) is 4.08. The van der Waals surface area contributed by atoms with E-state index in [1.54, 1.807) is 0 Å². The number of hydrogen-bond donors (Lipinski definition) is 0. The summed E-state index contributed by atoms with van der Waals surface area (Å²) in [5.74, 6) is 0.292. The van der Waals surface area contributed by atoms with Gasteiger partial charge in [-0.3, -0.25) is 0 Å². The molecule has 0 radical (unpaired) electrons. The number of hydrogen-bond acceptors (Lipinski definition) is 2. The number of rotatable bonds is 9. The molecule has 1 fully saturated rings. The van der Waals surface area contributed by atoms with E-state index in [9.17, 15) is 0 Å². The third kappa shape index (κ3) is 4.48. The Balaban J connectivity index is 2.09. The van der Waals surface area contributed by atoms with E-state index in [0.717, 1.165) is 19.4 Å². The number of epoxide rings is 1. The van der Waals surface area contributed by atoms with Crippen LogP contribution >= 0.6 is 0 Å². The third-order valence-electron chi connectivity index (χ3n) is 5.88. The maximum Gasteiger partial charge on any atom is 0.261 e. The minimum absolute atomic E-state index is 0.00900. The molecule has 0 spiro atoms. The smallest absolute Gasteiger partial charge is 0.261 e. The molecule has 1 aliphatic rings. The molecule has 3 heteroatoms. The first-order chi connectivity index (χ1) is 13.4. The van der Waals surface area contributed by atoms with E-state index < -0.39 is 8.32 Å². The van der Waals surface area contributed by atoms with Crippen LogP contribution in [0.5, 0.6) is 0 Å². The van der Waals surface area contributed by atoms with Crippen LogP contribution in [-0.4, -0.2) is 27.1 Å². The van der Waals surface area contributed by atoms with E-state index in [2.05, 4.69) is 94.9 Å². The molecule has 2 aromatic rings. The first-order valence-corrected chi connectivity index (χ1v) is 12.3. The summed E-state index contributed by atoms with van der Waals surface area (Å²) in [6, 6.07) is 21.7. The van der Waals surface area contributed by atoms with E-state index in [1.165, 1.54) is 10.4 Å². The molecule has 1 aliphatic heterocycles. The van der Waals surface area contributed by atoms with Gasteiger partial charge >= 0.3 is 0 Å². The third-order valence-corrected chi connectivity index (χ3v) is 10.9. The Morgan fingerprint density at radius 3 is 1.96 bits per heavy atom. The number of benzene rings is 2. The Kier molecular flexibility index (Phi) is 6.59. The van der Waals surface area contributed by atoms with Crippen molar-refractivity contribution >= 4 is 18.7 Å². The second-order valence-electron chi connectivity index (χ2n) is 8.95. The Bertz CT molecular complexity index is 708. The minimum atomic E-state index is -2.53. The van der Waals surface area contributed by atoms with Crippen molar-refractivity contribution in [3.63, 3.8) is 0 Å². The highest BCUT2D eigenvalue weighted by atomic mass is 28.4. The standard InChI is InChI=1S/C25H34O2Si/c1-6-20(2)24(18-17-21-19-26-21)27-28(25(3,4)5,22-13-9-7-10-14-22)23-15-11-8-12-16-23/h6-16,20-21,24H,1,17-19H2,2-5H3/t20-,21-,24-/m0/s1. The highest BCUT2D eigenvalue weighted by Gasteiger charge is 2.51. The molecule has 1 heterocycles. The Morgan fingerprint density at radius 1 is 1.07 bits per heavy atom. The molecule has 0 bridgehead atoms. The zero-order chi connectivity index (χ0) is 20.2. The minimum Gasteiger partial charge on any atom is -0.404 e. The van der Waals surface area contributed by atoms with Crippen molar-refractivity contribution < 1.29 is 9.16 Å². The molecule has 3 rings (SSSR count). The van der Waals surface area contributed by atoms with Crippen LogP contribution < -0.4 is 10.4 Å². The van der Waals surface area contributed by atoms with Gasteiger partial charge in [0.1, 0.15) is 0 Å². The van der Waals surface area contributed by atoms with Gasteiger partial charge in [0.05, 0.1) is 18.8 Å². The molecule has 0 saturated carbocycles. The summed E-state index contributed by atoms with van der Waals surface area (Å²) in [5, 5.41) is 2.65. The van der Waals surface area contributed by atoms with Crippen LogP contribution in [0.4, 0.5) is 0 Å². The van der Waals surface area contributed by atoms with Gasteiger partial charge in [-0.2, -0.15) is 0 Å². The summed E-state index contributed by atoms with van der Waals surface area (Å²) in [4.78, 5) is 0. The van der Waals surface area contributed by atoms with Gasteiger partial charge in [-0.25, -0.2) is 0 Å². The summed E-state index contributed by atoms with van der Waals surface area (Å²) < 4.78 is 12.8. The van der Waals surface area contributed by atoms with Crippen molar-refractivity contribution in [2.24, 2.45) is 5.92 Å². The zero-order valence-corrected chi connectivity index (χ0v) is 18.7. The average Bonchev–Trinajstić information content (AvgIpc) is 3.52. The second kappa shape index (κ2) is 8.77. The van der Waals surface area contributed by atoms with Crippen LogP contribution in [0.15, 0.2) is 73.3 Å². The summed E-state index contributed by atoms with van der Waals surface area (Å²) in [7, 11) is -2.53. The molecule has 28 heavy (non-hydrogen) atoms. The van der Waals surface area contributed by atoms with Gasteiger partial charge in [0.2, 0.25) is 0 Å². The molecule has 3 atom stereocenters. The molecule has 1 saturated heterocycles. The lowest BCUT2D eigenvalue weighted by molar-refractivity contribution is 0.136. The van der Waals surface area contributed by atoms with Crippen molar-refractivity contribution in [3.05, 3.63) is 73.3 Å². The highest BCUT2D eigenvalue weighted by molar-refractivity contribution is 6.99. The zero-order valence-electron chi connectivity index (χ0n) is 17.7. The lowest BCUT2D eigenvalue weighted by atomic mass is 10.00. The Hall–Kier alpha value is -1.68. The van der Waals surface area contributed by atoms with Crippen LogP contribution in [0.25, 0.3) is 0 Å². The molecule has 0 N–H and O–H groups in total. The predicted molar refractivity (Wildman–Crippen MR) is 121 cm³/mol. The van der Waals surface area contributed by atoms with E-state index in [-0.39, 0.29) is 11.1 Å². The second-order valence-corrected chi connectivity index (χ2v) is 13.2. The Morgan fingerprint density at radius 2 is 1.57 bits per heavy atom. The summed E-state index contributed by atoms with van der Waals surface area (Å²) >= 11 is 0. The van der Waals surface area contributed by atoms with E-state index >= 15 is 0 Å². The van der Waals surface area contributed by atoms with E-state index in [1.807, 2.05) is 6.08 Å². The molecule has 2 aromatic carbocycles. The van der Waals surface area contributed by atoms with Gasteiger partial charge in [-0.15, -0.1) is 6.58 Å². The van der Waals surface area contributed by atoms with Crippen molar-refractivity contribution in [3.8, 4) is 0 Å². The average molecular weight is 395 g/mol. The van der Waals surface area contributed by atoms with Crippen LogP contribution in [0.3, 0.4) is 0 Å². The topological polar surface area (TPSA) is 21.8 Å². The van der Waals surface area contributed by atoms with Crippen molar-refractivity contribution in [2.75, 3.05) is 6.61 Å². The van der Waals surface area contributed by atoms with Crippen LogP contribution in [0.2, 0.25) is 5.04 Å². The first-order valence-electron chi connectivity index (χ1n) is 10.4. The van der Waals surface area contributed by atoms with E-state index in [4.69, 9.17) is 9.16 Å². The van der Waals surface area contributed by atoms with Crippen molar-refractivity contribution in [1.29, 1.82) is 0 Å². The predicted octanol–water partition coefficient (Wildman–Crippen LogP) is 4.93. The summed E-state index contributed by atoms with van der Waals surface area (Å²) in [5.41, 5.74) is 0. The van der Waals surface area contributed by atoms with Crippen molar-refractivity contribution in [1.82, 2.24) is 0 Å². The first kappa shape index (κ1) is 21.0. The highest BCUT2D eigenvalue weighted by Crippen LogP contribution is 2.39. The van der Waals surface area contributed by atoms with Gasteiger partial charge in [0.25, 0.3) is 8.32 Å². The van der Waals surface area contributed by atoms with Crippen LogP contribution in [-0.2, 0) is 9.16 Å². The van der Waals surface area contributed by atoms with Gasteiger partial charge in [0.15, 0.2) is 0 Å².